The average molecular weight is 1100 g/mol. The summed E-state index contributed by atoms with van der Waals surface area (Å²) in [6, 6.07) is -0.857. The lowest BCUT2D eigenvalue weighted by atomic mass is 10.0. The summed E-state index contributed by atoms with van der Waals surface area (Å²) in [5.74, 6) is -0.521. The van der Waals surface area contributed by atoms with Crippen LogP contribution in [0.4, 0.5) is 0 Å². The highest BCUT2D eigenvalue weighted by Gasteiger charge is 2.30. The Labute approximate surface area is 476 Å². The van der Waals surface area contributed by atoms with Crippen LogP contribution in [0.3, 0.4) is 0 Å². The van der Waals surface area contributed by atoms with Gasteiger partial charge in [0.2, 0.25) is 5.91 Å². The van der Waals surface area contributed by atoms with Crippen LogP contribution < -0.4 is 5.32 Å². The molecule has 0 saturated heterocycles. The Morgan fingerprint density at radius 2 is 0.883 bits per heavy atom. The van der Waals surface area contributed by atoms with Crippen molar-refractivity contribution in [1.29, 1.82) is 0 Å². The molecule has 0 fully saturated rings. The maximum Gasteiger partial charge on any atom is 0.472 e. The number of ether oxygens (including phenoxy) is 1. The van der Waals surface area contributed by atoms with Gasteiger partial charge < -0.3 is 19.4 Å². The van der Waals surface area contributed by atoms with E-state index in [4.69, 9.17) is 13.8 Å². The van der Waals surface area contributed by atoms with Gasteiger partial charge in [-0.05, 0) is 89.5 Å². The molecule has 0 saturated carbocycles. The first-order valence-corrected chi connectivity index (χ1v) is 33.4. The quantitative estimate of drug-likeness (QED) is 0.0156. The van der Waals surface area contributed by atoms with E-state index in [-0.39, 0.29) is 31.5 Å². The molecule has 9 nitrogen and oxygen atoms in total. The third-order valence-corrected chi connectivity index (χ3v) is 14.9. The first kappa shape index (κ1) is 74.2. The Morgan fingerprint density at radius 3 is 1.38 bits per heavy atom. The van der Waals surface area contributed by atoms with E-state index < -0.39 is 20.0 Å². The van der Waals surface area contributed by atoms with Gasteiger partial charge in [0, 0.05) is 12.8 Å². The fourth-order valence-electron chi connectivity index (χ4n) is 8.95. The van der Waals surface area contributed by atoms with Crippen LogP contribution in [0.1, 0.15) is 278 Å². The number of likely N-dealkylation sites (N-methyl/N-ethyl adjacent to an activating group) is 1. The summed E-state index contributed by atoms with van der Waals surface area (Å²) in [7, 11) is 1.48. The minimum absolute atomic E-state index is 0.0348. The second-order valence-corrected chi connectivity index (χ2v) is 24.1. The fourth-order valence-corrected chi connectivity index (χ4v) is 9.68. The van der Waals surface area contributed by atoms with Crippen molar-refractivity contribution in [2.24, 2.45) is 0 Å². The molecule has 0 aliphatic heterocycles. The van der Waals surface area contributed by atoms with Crippen LogP contribution in [0.5, 0.6) is 0 Å². The lowest BCUT2D eigenvalue weighted by Gasteiger charge is -2.27. The molecule has 77 heavy (non-hydrogen) atoms. The second-order valence-electron chi connectivity index (χ2n) is 22.6. The molecule has 3 unspecified atom stereocenters. The molecule has 0 heterocycles. The molecular weight excluding hydrogens is 976 g/mol. The zero-order chi connectivity index (χ0) is 56.4. The summed E-state index contributed by atoms with van der Waals surface area (Å²) < 4.78 is 30.7. The van der Waals surface area contributed by atoms with Crippen LogP contribution in [0.25, 0.3) is 0 Å². The number of phosphoric ester groups is 1. The summed E-state index contributed by atoms with van der Waals surface area (Å²) in [6.45, 7) is 6.85. The molecule has 0 spiro atoms. The lowest BCUT2D eigenvalue weighted by molar-refractivity contribution is -0.870. The van der Waals surface area contributed by atoms with Gasteiger partial charge in [-0.1, -0.05) is 260 Å². The number of nitrogens with one attached hydrogen (secondary N) is 1. The maximum atomic E-state index is 13.6. The van der Waals surface area contributed by atoms with Gasteiger partial charge in [0.05, 0.1) is 33.8 Å². The summed E-state index contributed by atoms with van der Waals surface area (Å²) in [5, 5.41) is 3.05. The predicted molar refractivity (Wildman–Crippen MR) is 332 cm³/mol. The summed E-state index contributed by atoms with van der Waals surface area (Å²) in [6.07, 6.45) is 74.4. The Bertz CT molecular complexity index is 1590. The minimum Gasteiger partial charge on any atom is -0.456 e. The van der Waals surface area contributed by atoms with E-state index in [1.165, 1.54) is 154 Å². The molecule has 0 aromatic carbocycles. The van der Waals surface area contributed by atoms with E-state index in [1.54, 1.807) is 0 Å². The van der Waals surface area contributed by atoms with Gasteiger partial charge in [-0.3, -0.25) is 18.6 Å². The molecule has 1 amide bonds. The summed E-state index contributed by atoms with van der Waals surface area (Å²) in [5.41, 5.74) is 0. The highest BCUT2D eigenvalue weighted by atomic mass is 31.2. The smallest absolute Gasteiger partial charge is 0.456 e. The lowest BCUT2D eigenvalue weighted by Crippen LogP contribution is -2.47. The van der Waals surface area contributed by atoms with Crippen molar-refractivity contribution in [2.45, 2.75) is 290 Å². The predicted octanol–water partition coefficient (Wildman–Crippen LogP) is 19.8. The van der Waals surface area contributed by atoms with Gasteiger partial charge >= 0.3 is 13.8 Å². The van der Waals surface area contributed by atoms with Crippen LogP contribution in [0, 0.1) is 0 Å². The molecule has 2 N–H and O–H groups in total. The van der Waals surface area contributed by atoms with Crippen molar-refractivity contribution in [3.63, 3.8) is 0 Å². The normalized spacial score (nSPS) is 14.2. The van der Waals surface area contributed by atoms with E-state index in [1.807, 2.05) is 33.3 Å². The molecule has 0 radical (unpaired) electrons. The Balaban J connectivity index is 5.10. The standard InChI is InChI=1S/C67H121N2O7P/c1-7-10-13-16-19-22-25-27-29-30-31-32-33-34-35-36-37-38-40-41-44-47-50-53-56-59-66(70)68-64(63-75-77(72,73)74-62-61-69(4,5)6)65(58-55-52-49-46-43-24-21-18-15-12-9-3)76-67(71)60-57-54-51-48-45-42-39-28-26-23-20-17-14-11-8-2/h11,14,17,19-20,22-23,26-27,29,31-32,55,58,64-65H,7-10,12-13,15-16,18,21,24-25,28,30,33-54,56-57,59-63H2,1-6H3,(H-,68,70,72,73)/p+1/b14-11+,20-17+,22-19-,26-23+,29-27-,32-31-,58-55-. The highest BCUT2D eigenvalue weighted by Crippen LogP contribution is 2.43. The van der Waals surface area contributed by atoms with Crippen LogP contribution in [-0.2, 0) is 27.9 Å². The summed E-state index contributed by atoms with van der Waals surface area (Å²) >= 11 is 0. The molecule has 10 heteroatoms. The number of hydrogen-bond acceptors (Lipinski definition) is 6. The fraction of sp³-hybridized carbons (Fsp3) is 0.761. The zero-order valence-corrected chi connectivity index (χ0v) is 51.8. The average Bonchev–Trinajstić information content (AvgIpc) is 3.39. The maximum absolute atomic E-state index is 13.6. The Kier molecular flexibility index (Phi) is 54.4. The molecule has 0 rings (SSSR count). The third-order valence-electron chi connectivity index (χ3n) is 13.9. The van der Waals surface area contributed by atoms with E-state index in [9.17, 15) is 19.0 Å². The monoisotopic (exact) mass is 1100 g/mol. The molecule has 0 aliphatic rings. The zero-order valence-electron chi connectivity index (χ0n) is 50.9. The third kappa shape index (κ3) is 57.7. The number of phosphoric acid groups is 1. The van der Waals surface area contributed by atoms with Gasteiger partial charge in [-0.25, -0.2) is 4.57 Å². The first-order chi connectivity index (χ1) is 37.4. The van der Waals surface area contributed by atoms with E-state index in [2.05, 4.69) is 99.0 Å². The van der Waals surface area contributed by atoms with Crippen molar-refractivity contribution in [1.82, 2.24) is 5.32 Å². The van der Waals surface area contributed by atoms with Gasteiger partial charge in [0.1, 0.15) is 19.3 Å². The highest BCUT2D eigenvalue weighted by molar-refractivity contribution is 7.47. The van der Waals surface area contributed by atoms with E-state index >= 15 is 0 Å². The van der Waals surface area contributed by atoms with Gasteiger partial charge in [-0.2, -0.15) is 0 Å². The van der Waals surface area contributed by atoms with Crippen molar-refractivity contribution in [2.75, 3.05) is 40.9 Å². The number of esters is 1. The van der Waals surface area contributed by atoms with Gasteiger partial charge in [0.15, 0.2) is 0 Å². The number of unbranched alkanes of at least 4 members (excludes halogenated alkanes) is 31. The largest absolute Gasteiger partial charge is 0.472 e. The Hall–Kier alpha value is -2.81. The van der Waals surface area contributed by atoms with Crippen molar-refractivity contribution in [3.8, 4) is 0 Å². The van der Waals surface area contributed by atoms with Crippen LogP contribution in [0.15, 0.2) is 85.1 Å². The molecule has 0 bridgehead atoms. The molecule has 0 aromatic rings. The first-order valence-electron chi connectivity index (χ1n) is 31.9. The number of carbonyl (C=O) groups is 2. The van der Waals surface area contributed by atoms with E-state index in [0.717, 1.165) is 89.9 Å². The number of carbonyl (C=O) groups excluding carboxylic acids is 2. The summed E-state index contributed by atoms with van der Waals surface area (Å²) in [4.78, 5) is 37.7. The number of amides is 1. The molecule has 0 aliphatic carbocycles. The number of rotatable bonds is 57. The van der Waals surface area contributed by atoms with Crippen LogP contribution in [-0.4, -0.2) is 74.3 Å². The second kappa shape index (κ2) is 56.5. The van der Waals surface area contributed by atoms with Gasteiger partial charge in [0.25, 0.3) is 0 Å². The SMILES string of the molecule is CC/C=C/C=C/C=C/CCCCCCCCCC(=O)OC(/C=C\CCCCCCCCCCC)C(COP(=O)(O)OCC[N+](C)(C)C)NC(=O)CCCCCCCCCCCCCC/C=C\C/C=C\C/C=C\CCCCC. The number of quaternary nitrogens is 1. The van der Waals surface area contributed by atoms with Crippen molar-refractivity contribution >= 4 is 19.7 Å². The molecular formula is C67H122N2O7P+. The molecule has 0 aromatic heterocycles. The number of allylic oxidation sites excluding steroid dienone is 13. The molecule has 446 valence electrons. The van der Waals surface area contributed by atoms with Crippen LogP contribution >= 0.6 is 7.82 Å². The van der Waals surface area contributed by atoms with Crippen LogP contribution in [0.2, 0.25) is 0 Å². The van der Waals surface area contributed by atoms with Gasteiger partial charge in [-0.15, -0.1) is 0 Å². The number of hydrogen-bond donors (Lipinski definition) is 2. The topological polar surface area (TPSA) is 111 Å². The Morgan fingerprint density at radius 1 is 0.481 bits per heavy atom. The minimum atomic E-state index is -4.45. The van der Waals surface area contributed by atoms with Crippen molar-refractivity contribution < 1.29 is 37.3 Å². The van der Waals surface area contributed by atoms with Crippen molar-refractivity contribution in [3.05, 3.63) is 85.1 Å². The molecule has 3 atom stereocenters. The van der Waals surface area contributed by atoms with E-state index in [0.29, 0.717) is 17.4 Å². The number of nitrogens with zero attached hydrogens (tertiary/aromatic N) is 1.